The van der Waals surface area contributed by atoms with Crippen LogP contribution in [-0.4, -0.2) is 5.97 Å². The van der Waals surface area contributed by atoms with E-state index in [1.54, 1.807) is 6.07 Å². The number of allylic oxidation sites excluding steroid dienone is 4. The monoisotopic (exact) mass is 234 g/mol. The SMILES string of the molecule is C/C=C\C(=C/C)c1ccccc1C(=O)OP. The van der Waals surface area contributed by atoms with Gasteiger partial charge in [0.25, 0.3) is 0 Å². The summed E-state index contributed by atoms with van der Waals surface area (Å²) in [7, 11) is 1.98. The molecule has 0 aliphatic rings. The van der Waals surface area contributed by atoms with Gasteiger partial charge in [0.1, 0.15) is 0 Å². The molecule has 1 unspecified atom stereocenters. The highest BCUT2D eigenvalue weighted by Crippen LogP contribution is 2.21. The van der Waals surface area contributed by atoms with Gasteiger partial charge in [-0.15, -0.1) is 0 Å². The van der Waals surface area contributed by atoms with E-state index in [-0.39, 0.29) is 5.97 Å². The number of benzene rings is 1. The van der Waals surface area contributed by atoms with Crippen LogP contribution in [0.15, 0.2) is 42.5 Å². The van der Waals surface area contributed by atoms with Gasteiger partial charge >= 0.3 is 5.97 Å². The van der Waals surface area contributed by atoms with Crippen molar-refractivity contribution in [2.75, 3.05) is 0 Å². The number of hydrogen-bond acceptors (Lipinski definition) is 2. The smallest absolute Gasteiger partial charge is 0.340 e. The first-order valence-corrected chi connectivity index (χ1v) is 5.51. The quantitative estimate of drug-likeness (QED) is 0.590. The van der Waals surface area contributed by atoms with Crippen molar-refractivity contribution < 1.29 is 9.32 Å². The third-order valence-electron chi connectivity index (χ3n) is 2.22. The van der Waals surface area contributed by atoms with E-state index in [1.807, 2.05) is 59.7 Å². The molecule has 1 rings (SSSR count). The molecular weight excluding hydrogens is 219 g/mol. The zero-order valence-electron chi connectivity index (χ0n) is 9.44. The summed E-state index contributed by atoms with van der Waals surface area (Å²) in [6.45, 7) is 3.89. The van der Waals surface area contributed by atoms with Crippen LogP contribution in [0.1, 0.15) is 29.8 Å². The minimum absolute atomic E-state index is 0.343. The molecular formula is C13H15O2P. The van der Waals surface area contributed by atoms with Crippen molar-refractivity contribution in [3.05, 3.63) is 53.6 Å². The standard InChI is InChI=1S/C13H15O2P/c1-3-7-10(4-2)11-8-5-6-9-12(11)13(14)15-16/h3-9H,16H2,1-2H3/b7-3-,10-4+. The lowest BCUT2D eigenvalue weighted by Gasteiger charge is -2.08. The average molecular weight is 234 g/mol. The van der Waals surface area contributed by atoms with Gasteiger partial charge in [-0.2, -0.15) is 0 Å². The number of hydrogen-bond donors (Lipinski definition) is 0. The highest BCUT2D eigenvalue weighted by molar-refractivity contribution is 7.10. The number of carbonyl (C=O) groups is 1. The van der Waals surface area contributed by atoms with Gasteiger partial charge in [-0.3, -0.25) is 0 Å². The molecule has 1 aromatic carbocycles. The first-order valence-electron chi connectivity index (χ1n) is 5.04. The van der Waals surface area contributed by atoms with Crippen molar-refractivity contribution in [3.8, 4) is 0 Å². The Labute approximate surface area is 98.3 Å². The van der Waals surface area contributed by atoms with Crippen molar-refractivity contribution >= 4 is 21.0 Å². The molecule has 84 valence electrons. The molecule has 0 amide bonds. The molecule has 2 nitrogen and oxygen atoms in total. The van der Waals surface area contributed by atoms with E-state index in [4.69, 9.17) is 0 Å². The molecule has 1 aromatic rings. The van der Waals surface area contributed by atoms with Crippen LogP contribution < -0.4 is 0 Å². The lowest BCUT2D eigenvalue weighted by atomic mass is 9.99. The second-order valence-electron chi connectivity index (χ2n) is 3.19. The van der Waals surface area contributed by atoms with Gasteiger partial charge in [0.15, 0.2) is 0 Å². The zero-order valence-corrected chi connectivity index (χ0v) is 10.6. The van der Waals surface area contributed by atoms with Crippen LogP contribution in [0.3, 0.4) is 0 Å². The summed E-state index contributed by atoms with van der Waals surface area (Å²) >= 11 is 0. The third-order valence-corrected chi connectivity index (χ3v) is 2.44. The minimum Gasteiger partial charge on any atom is -0.448 e. The van der Waals surface area contributed by atoms with E-state index in [2.05, 4.69) is 4.52 Å². The van der Waals surface area contributed by atoms with E-state index in [0.717, 1.165) is 11.1 Å². The normalized spacial score (nSPS) is 11.8. The molecule has 0 saturated carbocycles. The highest BCUT2D eigenvalue weighted by Gasteiger charge is 2.12. The lowest BCUT2D eigenvalue weighted by molar-refractivity contribution is 0.0765. The first-order chi connectivity index (χ1) is 7.74. The Hall–Kier alpha value is -1.40. The van der Waals surface area contributed by atoms with Gasteiger partial charge in [-0.1, -0.05) is 36.4 Å². The van der Waals surface area contributed by atoms with Gasteiger partial charge in [0, 0.05) is 0 Å². The highest BCUT2D eigenvalue weighted by atomic mass is 31.0. The van der Waals surface area contributed by atoms with Gasteiger partial charge < -0.3 is 4.52 Å². The minimum atomic E-state index is -0.343. The summed E-state index contributed by atoms with van der Waals surface area (Å²) in [5, 5.41) is 0. The van der Waals surface area contributed by atoms with E-state index >= 15 is 0 Å². The fraction of sp³-hybridized carbons (Fsp3) is 0.154. The van der Waals surface area contributed by atoms with Crippen LogP contribution in [-0.2, 0) is 4.52 Å². The average Bonchev–Trinajstić information content (AvgIpc) is 2.35. The molecule has 0 saturated heterocycles. The van der Waals surface area contributed by atoms with Crippen molar-refractivity contribution in [1.29, 1.82) is 0 Å². The molecule has 3 heteroatoms. The molecule has 0 spiro atoms. The van der Waals surface area contributed by atoms with Crippen LogP contribution in [0.25, 0.3) is 5.57 Å². The molecule has 0 fully saturated rings. The molecule has 16 heavy (non-hydrogen) atoms. The predicted octanol–water partition coefficient (Wildman–Crippen LogP) is 3.61. The van der Waals surface area contributed by atoms with Gasteiger partial charge in [0.2, 0.25) is 0 Å². The maximum atomic E-state index is 11.6. The summed E-state index contributed by atoms with van der Waals surface area (Å²) in [4.78, 5) is 11.6. The second-order valence-corrected chi connectivity index (χ2v) is 3.43. The van der Waals surface area contributed by atoms with E-state index in [9.17, 15) is 4.79 Å². The largest absolute Gasteiger partial charge is 0.448 e. The van der Waals surface area contributed by atoms with Gasteiger partial charge in [-0.05, 0) is 31.1 Å². The Kier molecular flexibility index (Phi) is 4.94. The summed E-state index contributed by atoms with van der Waals surface area (Å²) in [5.74, 6) is -0.343. The number of carbonyl (C=O) groups excluding carboxylic acids is 1. The lowest BCUT2D eigenvalue weighted by Crippen LogP contribution is -2.02. The third kappa shape index (κ3) is 2.80. The summed E-state index contributed by atoms with van der Waals surface area (Å²) in [6.07, 6.45) is 5.88. The van der Waals surface area contributed by atoms with Crippen molar-refractivity contribution in [1.82, 2.24) is 0 Å². The van der Waals surface area contributed by atoms with Gasteiger partial charge in [-0.25, -0.2) is 4.79 Å². The molecule has 0 aliphatic carbocycles. The van der Waals surface area contributed by atoms with Crippen molar-refractivity contribution in [2.45, 2.75) is 13.8 Å². The summed E-state index contributed by atoms with van der Waals surface area (Å²) in [6, 6.07) is 7.40. The molecule has 0 radical (unpaired) electrons. The molecule has 0 aliphatic heterocycles. The van der Waals surface area contributed by atoms with Crippen LogP contribution in [0, 0.1) is 0 Å². The fourth-order valence-electron chi connectivity index (χ4n) is 1.50. The Morgan fingerprint density at radius 3 is 2.38 bits per heavy atom. The van der Waals surface area contributed by atoms with E-state index in [0.29, 0.717) is 5.56 Å². The molecule has 0 N–H and O–H groups in total. The van der Waals surface area contributed by atoms with Crippen LogP contribution in [0.4, 0.5) is 0 Å². The van der Waals surface area contributed by atoms with Gasteiger partial charge in [0.05, 0.1) is 15.0 Å². The Morgan fingerprint density at radius 2 is 1.88 bits per heavy atom. The Morgan fingerprint density at radius 1 is 1.25 bits per heavy atom. The molecule has 0 aromatic heterocycles. The van der Waals surface area contributed by atoms with Crippen molar-refractivity contribution in [2.24, 2.45) is 0 Å². The topological polar surface area (TPSA) is 26.3 Å². The van der Waals surface area contributed by atoms with Crippen molar-refractivity contribution in [3.63, 3.8) is 0 Å². The molecule has 0 heterocycles. The van der Waals surface area contributed by atoms with E-state index < -0.39 is 0 Å². The first kappa shape index (κ1) is 12.7. The van der Waals surface area contributed by atoms with Crippen LogP contribution in [0.2, 0.25) is 0 Å². The summed E-state index contributed by atoms with van der Waals surface area (Å²) < 4.78 is 4.68. The van der Waals surface area contributed by atoms with Crippen LogP contribution >= 0.6 is 9.47 Å². The Balaban J connectivity index is 3.27. The Bertz CT molecular complexity index is 433. The second kappa shape index (κ2) is 6.24. The predicted molar refractivity (Wildman–Crippen MR) is 70.0 cm³/mol. The maximum absolute atomic E-state index is 11.6. The summed E-state index contributed by atoms with van der Waals surface area (Å²) in [5.41, 5.74) is 2.47. The maximum Gasteiger partial charge on any atom is 0.340 e. The zero-order chi connectivity index (χ0) is 12.0. The van der Waals surface area contributed by atoms with Crippen LogP contribution in [0.5, 0.6) is 0 Å². The molecule has 0 bridgehead atoms. The van der Waals surface area contributed by atoms with E-state index in [1.165, 1.54) is 0 Å². The number of rotatable bonds is 3. The molecule has 1 atom stereocenters. The fourth-order valence-corrected chi connectivity index (χ4v) is 1.62.